The summed E-state index contributed by atoms with van der Waals surface area (Å²) in [6.07, 6.45) is 6.46. The number of ether oxygens (including phenoxy) is 2. The van der Waals surface area contributed by atoms with Crippen LogP contribution >= 0.6 is 0 Å². The maximum absolute atomic E-state index is 12.4. The molecule has 1 heterocycles. The van der Waals surface area contributed by atoms with E-state index in [4.69, 9.17) is 9.47 Å². The van der Waals surface area contributed by atoms with E-state index >= 15 is 0 Å². The summed E-state index contributed by atoms with van der Waals surface area (Å²) in [4.78, 5) is 2.12. The van der Waals surface area contributed by atoms with Crippen LogP contribution in [0.2, 0.25) is 0 Å². The summed E-state index contributed by atoms with van der Waals surface area (Å²) >= 11 is 0. The normalized spacial score (nSPS) is 39.0. The van der Waals surface area contributed by atoms with Gasteiger partial charge in [0.05, 0.1) is 18.8 Å². The van der Waals surface area contributed by atoms with Crippen molar-refractivity contribution in [2.24, 2.45) is 22.7 Å². The lowest BCUT2D eigenvalue weighted by atomic mass is 9.51. The zero-order valence-corrected chi connectivity index (χ0v) is 24.8. The van der Waals surface area contributed by atoms with Gasteiger partial charge in [-0.3, -0.25) is 0 Å². The van der Waals surface area contributed by atoms with E-state index in [1.54, 1.807) is 0 Å². The van der Waals surface area contributed by atoms with Crippen LogP contribution in [0.25, 0.3) is 0 Å². The third-order valence-corrected chi connectivity index (χ3v) is 10.8. The fourth-order valence-corrected chi connectivity index (χ4v) is 8.84. The molecule has 5 aliphatic rings. The first-order valence-corrected chi connectivity index (χ1v) is 15.1. The van der Waals surface area contributed by atoms with Crippen molar-refractivity contribution in [1.29, 1.82) is 0 Å². The molecule has 5 nitrogen and oxygen atoms in total. The molecule has 212 valence electrons. The molecule has 6 unspecified atom stereocenters. The SMILES string of the molecule is CN(C)c1ccc(C2CC3(CC4(O)CCC5C(=C24)CCC2(C)C5CCC2(O)C#CC(C)(C)C)OCCO3)cc1. The van der Waals surface area contributed by atoms with Gasteiger partial charge in [-0.05, 0) is 94.4 Å². The minimum Gasteiger partial charge on any atom is -0.385 e. The topological polar surface area (TPSA) is 62.2 Å². The monoisotopic (exact) mass is 533 g/mol. The van der Waals surface area contributed by atoms with Gasteiger partial charge in [-0.2, -0.15) is 0 Å². The van der Waals surface area contributed by atoms with E-state index in [1.807, 2.05) is 0 Å². The van der Waals surface area contributed by atoms with Crippen LogP contribution in [0.1, 0.15) is 90.5 Å². The summed E-state index contributed by atoms with van der Waals surface area (Å²) in [6.45, 7) is 9.81. The molecule has 1 spiro atoms. The van der Waals surface area contributed by atoms with Crippen molar-refractivity contribution >= 4 is 5.69 Å². The standard InChI is InChI=1S/C34H47NO4/c1-30(2,3)17-18-33(37)16-13-28-25-12-15-32(36)22-34(38-19-20-39-34)21-27(23-7-9-24(10-8-23)35(5)6)29(32)26(25)11-14-31(28,33)4/h7-10,25,27-28,36-37H,11-16,19-22H2,1-6H3. The van der Waals surface area contributed by atoms with E-state index in [0.29, 0.717) is 31.5 Å². The van der Waals surface area contributed by atoms with E-state index in [0.717, 1.165) is 44.9 Å². The molecule has 0 amide bonds. The Morgan fingerprint density at radius 3 is 2.31 bits per heavy atom. The molecule has 1 aromatic carbocycles. The number of allylic oxidation sites excluding steroid dienone is 1. The van der Waals surface area contributed by atoms with Crippen molar-refractivity contribution < 1.29 is 19.7 Å². The maximum atomic E-state index is 12.4. The van der Waals surface area contributed by atoms with E-state index in [-0.39, 0.29) is 16.7 Å². The van der Waals surface area contributed by atoms with Gasteiger partial charge in [0.1, 0.15) is 5.60 Å². The second-order valence-electron chi connectivity index (χ2n) is 14.6. The number of hydrogen-bond donors (Lipinski definition) is 2. The van der Waals surface area contributed by atoms with E-state index in [9.17, 15) is 10.2 Å². The van der Waals surface area contributed by atoms with Gasteiger partial charge in [-0.1, -0.05) is 36.5 Å². The molecular formula is C34H47NO4. The van der Waals surface area contributed by atoms with E-state index < -0.39 is 17.0 Å². The fourth-order valence-electron chi connectivity index (χ4n) is 8.84. The molecule has 0 radical (unpaired) electrons. The third kappa shape index (κ3) is 4.38. The predicted octanol–water partition coefficient (Wildman–Crippen LogP) is 5.80. The molecule has 4 fully saturated rings. The third-order valence-electron chi connectivity index (χ3n) is 10.8. The van der Waals surface area contributed by atoms with Gasteiger partial charge in [0.25, 0.3) is 0 Å². The lowest BCUT2D eigenvalue weighted by Gasteiger charge is -2.56. The lowest BCUT2D eigenvalue weighted by molar-refractivity contribution is -0.212. The Kier molecular flexibility index (Phi) is 6.37. The molecule has 0 bridgehead atoms. The molecule has 0 aromatic heterocycles. The van der Waals surface area contributed by atoms with Crippen molar-refractivity contribution in [3.63, 3.8) is 0 Å². The van der Waals surface area contributed by atoms with Gasteiger partial charge in [0, 0.05) is 49.4 Å². The average Bonchev–Trinajstić information content (AvgIpc) is 3.43. The van der Waals surface area contributed by atoms with Crippen LogP contribution in [0, 0.1) is 34.5 Å². The summed E-state index contributed by atoms with van der Waals surface area (Å²) in [6, 6.07) is 8.82. The summed E-state index contributed by atoms with van der Waals surface area (Å²) in [7, 11) is 4.13. The Morgan fingerprint density at radius 1 is 0.974 bits per heavy atom. The first kappa shape index (κ1) is 27.3. The Hall–Kier alpha value is -1.84. The van der Waals surface area contributed by atoms with Crippen LogP contribution in [-0.2, 0) is 9.47 Å². The summed E-state index contributed by atoms with van der Waals surface area (Å²) in [5.41, 5.74) is 2.85. The van der Waals surface area contributed by atoms with Crippen LogP contribution in [0.5, 0.6) is 0 Å². The molecule has 1 aromatic rings. The molecule has 4 aliphatic carbocycles. The Balaban J connectivity index is 1.42. The molecule has 3 saturated carbocycles. The van der Waals surface area contributed by atoms with Crippen LogP contribution in [0.3, 0.4) is 0 Å². The minimum atomic E-state index is -0.946. The molecule has 1 aliphatic heterocycles. The smallest absolute Gasteiger partial charge is 0.172 e. The quantitative estimate of drug-likeness (QED) is 0.372. The summed E-state index contributed by atoms with van der Waals surface area (Å²) in [5.74, 6) is 6.86. The molecule has 2 N–H and O–H groups in total. The number of fused-ring (bicyclic) bond motifs is 4. The van der Waals surface area contributed by atoms with Crippen LogP contribution in [0.4, 0.5) is 5.69 Å². The highest BCUT2D eigenvalue weighted by atomic mass is 16.7. The second kappa shape index (κ2) is 9.08. The Bertz CT molecular complexity index is 1210. The number of rotatable bonds is 2. The van der Waals surface area contributed by atoms with Gasteiger partial charge in [0.15, 0.2) is 5.79 Å². The minimum absolute atomic E-state index is 0.0567. The zero-order valence-electron chi connectivity index (χ0n) is 24.8. The molecule has 6 atom stereocenters. The second-order valence-corrected chi connectivity index (χ2v) is 14.6. The van der Waals surface area contributed by atoms with Crippen molar-refractivity contribution in [2.75, 3.05) is 32.2 Å². The molecule has 1 saturated heterocycles. The van der Waals surface area contributed by atoms with E-state index in [2.05, 4.69) is 82.8 Å². The molecular weight excluding hydrogens is 486 g/mol. The van der Waals surface area contributed by atoms with Crippen molar-refractivity contribution in [1.82, 2.24) is 0 Å². The average molecular weight is 534 g/mol. The zero-order chi connectivity index (χ0) is 27.8. The Labute approximate surface area is 235 Å². The largest absolute Gasteiger partial charge is 0.385 e. The van der Waals surface area contributed by atoms with Gasteiger partial charge in [-0.25, -0.2) is 0 Å². The molecule has 5 heteroatoms. The van der Waals surface area contributed by atoms with Crippen LogP contribution < -0.4 is 4.90 Å². The molecule has 6 rings (SSSR count). The number of anilines is 1. The number of hydrogen-bond acceptors (Lipinski definition) is 5. The first-order chi connectivity index (χ1) is 18.3. The van der Waals surface area contributed by atoms with Gasteiger partial charge in [-0.15, -0.1) is 0 Å². The van der Waals surface area contributed by atoms with Crippen molar-refractivity contribution in [3.05, 3.63) is 41.0 Å². The van der Waals surface area contributed by atoms with Crippen LogP contribution in [0.15, 0.2) is 35.4 Å². The van der Waals surface area contributed by atoms with Gasteiger partial charge < -0.3 is 24.6 Å². The molecule has 39 heavy (non-hydrogen) atoms. The van der Waals surface area contributed by atoms with Crippen molar-refractivity contribution in [3.8, 4) is 11.8 Å². The number of benzene rings is 1. The van der Waals surface area contributed by atoms with Crippen molar-refractivity contribution in [2.45, 2.75) is 102 Å². The lowest BCUT2D eigenvalue weighted by Crippen LogP contribution is -2.55. The highest BCUT2D eigenvalue weighted by Crippen LogP contribution is 2.66. The number of aliphatic hydroxyl groups is 2. The Morgan fingerprint density at radius 2 is 1.67 bits per heavy atom. The van der Waals surface area contributed by atoms with E-state index in [1.165, 1.54) is 22.4 Å². The number of nitrogens with zero attached hydrogens (tertiary/aromatic N) is 1. The summed E-state index contributed by atoms with van der Waals surface area (Å²) in [5, 5.41) is 24.4. The maximum Gasteiger partial charge on any atom is 0.172 e. The highest BCUT2D eigenvalue weighted by molar-refractivity contribution is 5.50. The highest BCUT2D eigenvalue weighted by Gasteiger charge is 2.63. The van der Waals surface area contributed by atoms with Crippen LogP contribution in [-0.4, -0.2) is 54.5 Å². The first-order valence-electron chi connectivity index (χ1n) is 15.1. The fraction of sp³-hybridized carbons (Fsp3) is 0.706. The predicted molar refractivity (Wildman–Crippen MR) is 154 cm³/mol. The van der Waals surface area contributed by atoms with Gasteiger partial charge in [0.2, 0.25) is 0 Å². The van der Waals surface area contributed by atoms with Gasteiger partial charge >= 0.3 is 0 Å². The summed E-state index contributed by atoms with van der Waals surface area (Å²) < 4.78 is 12.5.